The first-order valence-corrected chi connectivity index (χ1v) is 7.13. The van der Waals surface area contributed by atoms with Crippen molar-refractivity contribution in [3.8, 4) is 5.75 Å². The Morgan fingerprint density at radius 2 is 1.77 bits per heavy atom. The van der Waals surface area contributed by atoms with E-state index in [2.05, 4.69) is 10.1 Å². The molecular weight excluding hydrogens is 290 g/mol. The van der Waals surface area contributed by atoms with Crippen molar-refractivity contribution in [2.24, 2.45) is 0 Å². The van der Waals surface area contributed by atoms with Gasteiger partial charge in [-0.05, 0) is 22.9 Å². The first-order chi connectivity index (χ1) is 10.6. The molecular formula is C16H16F2N2O2. The van der Waals surface area contributed by atoms with Crippen molar-refractivity contribution in [2.45, 2.75) is 6.61 Å². The lowest BCUT2D eigenvalue weighted by atomic mass is 10.0. The highest BCUT2D eigenvalue weighted by molar-refractivity contribution is 6.01. The normalized spacial score (nSPS) is 15.3. The Kier molecular flexibility index (Phi) is 4.20. The topological polar surface area (TPSA) is 41.6 Å². The number of hydrogen-bond acceptors (Lipinski definition) is 3. The van der Waals surface area contributed by atoms with Crippen LogP contribution in [0.4, 0.5) is 8.78 Å². The third kappa shape index (κ3) is 3.01. The molecule has 2 aromatic rings. The minimum absolute atomic E-state index is 0.0720. The summed E-state index contributed by atoms with van der Waals surface area (Å²) in [4.78, 5) is 14.3. The van der Waals surface area contributed by atoms with E-state index < -0.39 is 6.61 Å². The molecule has 1 N–H and O–H groups in total. The highest BCUT2D eigenvalue weighted by atomic mass is 19.3. The molecule has 0 bridgehead atoms. The molecule has 6 heteroatoms. The molecule has 0 aliphatic carbocycles. The molecule has 116 valence electrons. The number of hydrogen-bond donors (Lipinski definition) is 1. The van der Waals surface area contributed by atoms with E-state index in [0.29, 0.717) is 26.2 Å². The second kappa shape index (κ2) is 6.27. The molecule has 0 spiro atoms. The monoisotopic (exact) mass is 306 g/mol. The maximum atomic E-state index is 12.6. The summed E-state index contributed by atoms with van der Waals surface area (Å²) in [6.45, 7) is -0.454. The van der Waals surface area contributed by atoms with E-state index in [0.717, 1.165) is 10.8 Å². The zero-order valence-corrected chi connectivity index (χ0v) is 11.9. The van der Waals surface area contributed by atoms with Gasteiger partial charge < -0.3 is 15.0 Å². The van der Waals surface area contributed by atoms with Crippen molar-refractivity contribution in [1.29, 1.82) is 0 Å². The fourth-order valence-corrected chi connectivity index (χ4v) is 2.62. The first kappa shape index (κ1) is 14.7. The summed E-state index contributed by atoms with van der Waals surface area (Å²) in [5, 5.41) is 4.73. The number of nitrogens with one attached hydrogen (secondary N) is 1. The average molecular weight is 306 g/mol. The molecule has 0 radical (unpaired) electrons. The lowest BCUT2D eigenvalue weighted by molar-refractivity contribution is -0.0502. The van der Waals surface area contributed by atoms with Crippen LogP contribution < -0.4 is 10.1 Å². The highest BCUT2D eigenvalue weighted by Gasteiger charge is 2.23. The predicted octanol–water partition coefficient (Wildman–Crippen LogP) is 2.49. The van der Waals surface area contributed by atoms with Crippen molar-refractivity contribution in [3.63, 3.8) is 0 Å². The molecule has 1 amide bonds. The summed E-state index contributed by atoms with van der Waals surface area (Å²) in [6, 6.07) is 10.4. The number of carbonyl (C=O) groups is 1. The largest absolute Gasteiger partial charge is 0.434 e. The smallest absolute Gasteiger partial charge is 0.387 e. The van der Waals surface area contributed by atoms with Gasteiger partial charge >= 0.3 is 6.61 Å². The van der Waals surface area contributed by atoms with Gasteiger partial charge in [0.1, 0.15) is 5.75 Å². The molecule has 22 heavy (non-hydrogen) atoms. The molecule has 3 rings (SSSR count). The van der Waals surface area contributed by atoms with Gasteiger partial charge in [-0.2, -0.15) is 8.78 Å². The van der Waals surface area contributed by atoms with Gasteiger partial charge in [0.05, 0.1) is 5.56 Å². The molecule has 0 saturated carbocycles. The molecule has 4 nitrogen and oxygen atoms in total. The highest BCUT2D eigenvalue weighted by Crippen LogP contribution is 2.28. The molecule has 2 aromatic carbocycles. The predicted molar refractivity (Wildman–Crippen MR) is 79.4 cm³/mol. The van der Waals surface area contributed by atoms with Crippen LogP contribution in [0, 0.1) is 0 Å². The summed E-state index contributed by atoms with van der Waals surface area (Å²) < 4.78 is 29.9. The third-order valence-corrected chi connectivity index (χ3v) is 3.70. The van der Waals surface area contributed by atoms with E-state index in [4.69, 9.17) is 0 Å². The molecule has 0 atom stereocenters. The number of piperazine rings is 1. The number of alkyl halides is 2. The molecule has 0 aromatic heterocycles. The van der Waals surface area contributed by atoms with E-state index >= 15 is 0 Å². The summed E-state index contributed by atoms with van der Waals surface area (Å²) >= 11 is 0. The van der Waals surface area contributed by atoms with Crippen LogP contribution in [0.2, 0.25) is 0 Å². The quantitative estimate of drug-likeness (QED) is 0.947. The van der Waals surface area contributed by atoms with Gasteiger partial charge in [-0.15, -0.1) is 0 Å². The molecule has 1 aliphatic heterocycles. The fraction of sp³-hybridized carbons (Fsp3) is 0.312. The minimum Gasteiger partial charge on any atom is -0.434 e. The fourth-order valence-electron chi connectivity index (χ4n) is 2.62. The average Bonchev–Trinajstić information content (AvgIpc) is 2.54. The van der Waals surface area contributed by atoms with Gasteiger partial charge in [-0.25, -0.2) is 0 Å². The lowest BCUT2D eigenvalue weighted by Gasteiger charge is -2.28. The second-order valence-electron chi connectivity index (χ2n) is 5.12. The first-order valence-electron chi connectivity index (χ1n) is 7.13. The Hall–Kier alpha value is -2.21. The van der Waals surface area contributed by atoms with Crippen molar-refractivity contribution < 1.29 is 18.3 Å². The number of ether oxygens (including phenoxy) is 1. The van der Waals surface area contributed by atoms with E-state index in [9.17, 15) is 13.6 Å². The van der Waals surface area contributed by atoms with Crippen molar-refractivity contribution in [2.75, 3.05) is 26.2 Å². The van der Waals surface area contributed by atoms with Crippen molar-refractivity contribution >= 4 is 16.7 Å². The Labute approximate surface area is 126 Å². The van der Waals surface area contributed by atoms with Gasteiger partial charge in [0.2, 0.25) is 0 Å². The van der Waals surface area contributed by atoms with Gasteiger partial charge in [0, 0.05) is 26.2 Å². The number of rotatable bonds is 3. The van der Waals surface area contributed by atoms with Crippen LogP contribution in [-0.4, -0.2) is 43.6 Å². The molecule has 0 unspecified atom stereocenters. The van der Waals surface area contributed by atoms with Crippen LogP contribution in [0.25, 0.3) is 10.8 Å². The molecule has 1 aliphatic rings. The maximum Gasteiger partial charge on any atom is 0.387 e. The van der Waals surface area contributed by atoms with Gasteiger partial charge in [0.15, 0.2) is 0 Å². The second-order valence-corrected chi connectivity index (χ2v) is 5.12. The number of fused-ring (bicyclic) bond motifs is 1. The SMILES string of the molecule is O=C(c1cc2ccccc2cc1OC(F)F)N1CCNCC1. The van der Waals surface area contributed by atoms with Crippen LogP contribution in [0.1, 0.15) is 10.4 Å². The summed E-state index contributed by atoms with van der Waals surface area (Å²) in [6.07, 6.45) is 0. The Morgan fingerprint density at radius 1 is 1.14 bits per heavy atom. The van der Waals surface area contributed by atoms with Crippen molar-refractivity contribution in [1.82, 2.24) is 10.2 Å². The van der Waals surface area contributed by atoms with E-state index in [1.165, 1.54) is 6.07 Å². The van der Waals surface area contributed by atoms with E-state index in [1.54, 1.807) is 17.0 Å². The van der Waals surface area contributed by atoms with E-state index in [-0.39, 0.29) is 17.2 Å². The number of carbonyl (C=O) groups excluding carboxylic acids is 1. The summed E-state index contributed by atoms with van der Waals surface area (Å²) in [5.41, 5.74) is 0.181. The molecule has 1 saturated heterocycles. The number of halogens is 2. The van der Waals surface area contributed by atoms with Crippen LogP contribution in [0.5, 0.6) is 5.75 Å². The zero-order chi connectivity index (χ0) is 15.5. The number of benzene rings is 2. The van der Waals surface area contributed by atoms with Crippen LogP contribution in [0.15, 0.2) is 36.4 Å². The Bertz CT molecular complexity index is 685. The van der Waals surface area contributed by atoms with Crippen molar-refractivity contribution in [3.05, 3.63) is 42.0 Å². The van der Waals surface area contributed by atoms with E-state index in [1.807, 2.05) is 18.2 Å². The van der Waals surface area contributed by atoms with Crippen LogP contribution in [-0.2, 0) is 0 Å². The summed E-state index contributed by atoms with van der Waals surface area (Å²) in [5.74, 6) is -0.347. The standard InChI is InChI=1S/C16H16F2N2O2/c17-16(18)22-14-10-12-4-2-1-3-11(12)9-13(14)15(21)20-7-5-19-6-8-20/h1-4,9-10,16,19H,5-8H2. The lowest BCUT2D eigenvalue weighted by Crippen LogP contribution is -2.46. The Morgan fingerprint density at radius 3 is 2.41 bits per heavy atom. The summed E-state index contributed by atoms with van der Waals surface area (Å²) in [7, 11) is 0. The number of nitrogens with zero attached hydrogens (tertiary/aromatic N) is 1. The van der Waals surface area contributed by atoms with Gasteiger partial charge in [-0.1, -0.05) is 24.3 Å². The maximum absolute atomic E-state index is 12.6. The Balaban J connectivity index is 2.02. The van der Waals surface area contributed by atoms with Gasteiger partial charge in [-0.3, -0.25) is 4.79 Å². The molecule has 1 heterocycles. The molecule has 1 fully saturated rings. The third-order valence-electron chi connectivity index (χ3n) is 3.70. The van der Waals surface area contributed by atoms with Crippen LogP contribution >= 0.6 is 0 Å². The number of amides is 1. The van der Waals surface area contributed by atoms with Crippen LogP contribution in [0.3, 0.4) is 0 Å². The zero-order valence-electron chi connectivity index (χ0n) is 11.9. The van der Waals surface area contributed by atoms with Gasteiger partial charge in [0.25, 0.3) is 5.91 Å². The minimum atomic E-state index is -2.96.